The maximum absolute atomic E-state index is 12.2. The number of carboxylic acids is 1. The molecule has 0 radical (unpaired) electrons. The Balaban J connectivity index is 2.17. The van der Waals surface area contributed by atoms with Crippen molar-refractivity contribution in [2.75, 3.05) is 12.4 Å². The normalized spacial score (nSPS) is 11.3. The number of para-hydroxylation sites is 1. The van der Waals surface area contributed by atoms with E-state index in [4.69, 9.17) is 14.6 Å². The van der Waals surface area contributed by atoms with Crippen molar-refractivity contribution in [1.82, 2.24) is 0 Å². The standard InChI is InChI=1S/C21H23NO5/c1-21(2,3)27-18-13-14(9-11-17(18)26-4)10-12-19(23)22-16-8-6-5-7-15(16)20(24)25/h5-13H,1-4H3,(H,22,23)(H,24,25)/b12-10+. The van der Waals surface area contributed by atoms with Crippen LogP contribution in [-0.2, 0) is 4.79 Å². The Kier molecular flexibility index (Phi) is 6.23. The Bertz CT molecular complexity index is 865. The van der Waals surface area contributed by atoms with E-state index in [0.29, 0.717) is 11.5 Å². The summed E-state index contributed by atoms with van der Waals surface area (Å²) in [5.41, 5.74) is 0.625. The lowest BCUT2D eigenvalue weighted by Gasteiger charge is -2.23. The molecule has 6 heteroatoms. The average molecular weight is 369 g/mol. The molecular weight excluding hydrogens is 346 g/mol. The molecule has 2 N–H and O–H groups in total. The van der Waals surface area contributed by atoms with Crippen LogP contribution in [-0.4, -0.2) is 29.7 Å². The van der Waals surface area contributed by atoms with E-state index in [-0.39, 0.29) is 11.3 Å². The first kappa shape index (κ1) is 20.0. The van der Waals surface area contributed by atoms with Crippen LogP contribution in [0.1, 0.15) is 36.7 Å². The number of amides is 1. The number of hydrogen-bond acceptors (Lipinski definition) is 4. The molecule has 27 heavy (non-hydrogen) atoms. The van der Waals surface area contributed by atoms with E-state index in [0.717, 1.165) is 5.56 Å². The highest BCUT2D eigenvalue weighted by Gasteiger charge is 2.15. The van der Waals surface area contributed by atoms with Gasteiger partial charge < -0.3 is 19.9 Å². The first-order chi connectivity index (χ1) is 12.7. The monoisotopic (exact) mass is 369 g/mol. The van der Waals surface area contributed by atoms with Crippen LogP contribution in [0.15, 0.2) is 48.5 Å². The van der Waals surface area contributed by atoms with E-state index < -0.39 is 17.5 Å². The van der Waals surface area contributed by atoms with Gasteiger partial charge in [-0.1, -0.05) is 18.2 Å². The van der Waals surface area contributed by atoms with Crippen LogP contribution in [0.4, 0.5) is 5.69 Å². The molecule has 0 aliphatic carbocycles. The second-order valence-corrected chi connectivity index (χ2v) is 6.80. The molecule has 0 unspecified atom stereocenters. The summed E-state index contributed by atoms with van der Waals surface area (Å²) in [5, 5.41) is 11.7. The predicted octanol–water partition coefficient (Wildman–Crippen LogP) is 4.22. The van der Waals surface area contributed by atoms with Gasteiger partial charge >= 0.3 is 5.97 Å². The van der Waals surface area contributed by atoms with Crippen LogP contribution in [0, 0.1) is 0 Å². The van der Waals surface area contributed by atoms with E-state index in [1.165, 1.54) is 18.2 Å². The number of carbonyl (C=O) groups is 2. The zero-order chi connectivity index (χ0) is 20.0. The van der Waals surface area contributed by atoms with Crippen molar-refractivity contribution in [2.24, 2.45) is 0 Å². The summed E-state index contributed by atoms with van der Waals surface area (Å²) in [6.45, 7) is 5.80. The number of hydrogen-bond donors (Lipinski definition) is 2. The maximum atomic E-state index is 12.2. The van der Waals surface area contributed by atoms with Gasteiger partial charge in [-0.05, 0) is 56.7 Å². The fourth-order valence-corrected chi connectivity index (χ4v) is 2.33. The van der Waals surface area contributed by atoms with Crippen LogP contribution in [0.25, 0.3) is 6.08 Å². The highest BCUT2D eigenvalue weighted by atomic mass is 16.5. The Labute approximate surface area is 158 Å². The zero-order valence-electron chi connectivity index (χ0n) is 15.8. The first-order valence-corrected chi connectivity index (χ1v) is 8.38. The summed E-state index contributed by atoms with van der Waals surface area (Å²) >= 11 is 0. The molecule has 0 aromatic heterocycles. The van der Waals surface area contributed by atoms with Crippen molar-refractivity contribution in [1.29, 1.82) is 0 Å². The fourth-order valence-electron chi connectivity index (χ4n) is 2.33. The minimum Gasteiger partial charge on any atom is -0.493 e. The lowest BCUT2D eigenvalue weighted by molar-refractivity contribution is -0.111. The molecule has 1 amide bonds. The van der Waals surface area contributed by atoms with Gasteiger partial charge in [0, 0.05) is 6.08 Å². The van der Waals surface area contributed by atoms with E-state index in [2.05, 4.69) is 5.32 Å². The van der Waals surface area contributed by atoms with Crippen LogP contribution in [0.3, 0.4) is 0 Å². The van der Waals surface area contributed by atoms with E-state index in [9.17, 15) is 9.59 Å². The van der Waals surface area contributed by atoms with E-state index in [1.54, 1.807) is 43.5 Å². The minimum atomic E-state index is -1.10. The molecule has 0 fully saturated rings. The van der Waals surface area contributed by atoms with Crippen molar-refractivity contribution < 1.29 is 24.2 Å². The van der Waals surface area contributed by atoms with Gasteiger partial charge in [0.15, 0.2) is 11.5 Å². The van der Waals surface area contributed by atoms with Crippen LogP contribution >= 0.6 is 0 Å². The highest BCUT2D eigenvalue weighted by molar-refractivity contribution is 6.06. The smallest absolute Gasteiger partial charge is 0.337 e. The predicted molar refractivity (Wildman–Crippen MR) is 104 cm³/mol. The Morgan fingerprint density at radius 2 is 1.78 bits per heavy atom. The van der Waals surface area contributed by atoms with Gasteiger partial charge in [0.2, 0.25) is 5.91 Å². The molecule has 0 atom stereocenters. The SMILES string of the molecule is COc1ccc(/C=C/C(=O)Nc2ccccc2C(=O)O)cc1OC(C)(C)C. The van der Waals surface area contributed by atoms with Crippen LogP contribution in [0.2, 0.25) is 0 Å². The number of anilines is 1. The Morgan fingerprint density at radius 1 is 1.07 bits per heavy atom. The van der Waals surface area contributed by atoms with Gasteiger partial charge in [-0.3, -0.25) is 4.79 Å². The zero-order valence-corrected chi connectivity index (χ0v) is 15.8. The fraction of sp³-hybridized carbons (Fsp3) is 0.238. The number of rotatable bonds is 6. The second-order valence-electron chi connectivity index (χ2n) is 6.80. The largest absolute Gasteiger partial charge is 0.493 e. The molecule has 0 aliphatic rings. The third-order valence-corrected chi connectivity index (χ3v) is 3.45. The quantitative estimate of drug-likeness (QED) is 0.745. The third-order valence-electron chi connectivity index (χ3n) is 3.45. The summed E-state index contributed by atoms with van der Waals surface area (Å²) in [6.07, 6.45) is 2.95. The molecule has 0 aliphatic heterocycles. The molecule has 6 nitrogen and oxygen atoms in total. The summed E-state index contributed by atoms with van der Waals surface area (Å²) in [4.78, 5) is 23.4. The third kappa shape index (κ3) is 5.88. The number of aromatic carboxylic acids is 1. The average Bonchev–Trinajstić information content (AvgIpc) is 2.59. The van der Waals surface area contributed by atoms with Crippen LogP contribution in [0.5, 0.6) is 11.5 Å². The molecule has 0 saturated carbocycles. The van der Waals surface area contributed by atoms with Gasteiger partial charge in [0.25, 0.3) is 0 Å². The lowest BCUT2D eigenvalue weighted by Crippen LogP contribution is -2.23. The Morgan fingerprint density at radius 3 is 2.41 bits per heavy atom. The number of nitrogens with one attached hydrogen (secondary N) is 1. The van der Waals surface area contributed by atoms with Gasteiger partial charge in [-0.2, -0.15) is 0 Å². The number of carbonyl (C=O) groups excluding carboxylic acids is 1. The minimum absolute atomic E-state index is 0.0320. The first-order valence-electron chi connectivity index (χ1n) is 8.38. The molecule has 2 rings (SSSR count). The molecule has 0 bridgehead atoms. The molecule has 2 aromatic rings. The van der Waals surface area contributed by atoms with Crippen molar-refractivity contribution in [2.45, 2.75) is 26.4 Å². The summed E-state index contributed by atoms with van der Waals surface area (Å²) in [7, 11) is 1.56. The van der Waals surface area contributed by atoms with Crippen molar-refractivity contribution >= 4 is 23.6 Å². The second kappa shape index (κ2) is 8.40. The summed E-state index contributed by atoms with van der Waals surface area (Å²) in [6, 6.07) is 11.6. The molecule has 0 saturated heterocycles. The number of benzene rings is 2. The number of ether oxygens (including phenoxy) is 2. The van der Waals surface area contributed by atoms with Gasteiger partial charge in [-0.25, -0.2) is 4.79 Å². The molecule has 2 aromatic carbocycles. The van der Waals surface area contributed by atoms with E-state index in [1.807, 2.05) is 20.8 Å². The Hall–Kier alpha value is -3.28. The van der Waals surface area contributed by atoms with E-state index >= 15 is 0 Å². The molecule has 142 valence electrons. The van der Waals surface area contributed by atoms with Crippen molar-refractivity contribution in [3.05, 3.63) is 59.7 Å². The molecule has 0 heterocycles. The summed E-state index contributed by atoms with van der Waals surface area (Å²) < 4.78 is 11.2. The molecular formula is C21H23NO5. The lowest BCUT2D eigenvalue weighted by atomic mass is 10.1. The van der Waals surface area contributed by atoms with Gasteiger partial charge in [0.1, 0.15) is 5.60 Å². The number of methoxy groups -OCH3 is 1. The number of carboxylic acid groups (broad SMARTS) is 1. The van der Waals surface area contributed by atoms with Crippen LogP contribution < -0.4 is 14.8 Å². The maximum Gasteiger partial charge on any atom is 0.337 e. The summed E-state index contributed by atoms with van der Waals surface area (Å²) in [5.74, 6) is -0.363. The highest BCUT2D eigenvalue weighted by Crippen LogP contribution is 2.31. The van der Waals surface area contributed by atoms with Crippen molar-refractivity contribution in [3.63, 3.8) is 0 Å². The van der Waals surface area contributed by atoms with Gasteiger partial charge in [0.05, 0.1) is 18.4 Å². The topological polar surface area (TPSA) is 84.9 Å². The molecule has 0 spiro atoms. The van der Waals surface area contributed by atoms with Gasteiger partial charge in [-0.15, -0.1) is 0 Å². The van der Waals surface area contributed by atoms with Crippen molar-refractivity contribution in [3.8, 4) is 11.5 Å².